The quantitative estimate of drug-likeness (QED) is 0.847. The summed E-state index contributed by atoms with van der Waals surface area (Å²) in [5.74, 6) is 0. The summed E-state index contributed by atoms with van der Waals surface area (Å²) >= 11 is 1.97. The van der Waals surface area contributed by atoms with Gasteiger partial charge in [0, 0.05) is 42.0 Å². The lowest BCUT2D eigenvalue weighted by molar-refractivity contribution is 0.188. The molecule has 1 aliphatic rings. The Morgan fingerprint density at radius 1 is 1.40 bits per heavy atom. The third kappa shape index (κ3) is 2.60. The Morgan fingerprint density at radius 2 is 2.13 bits per heavy atom. The van der Waals surface area contributed by atoms with Crippen molar-refractivity contribution < 1.29 is 0 Å². The SMILES string of the molecule is CCc1ccc([C@H](C)N2CCNCC2)s1. The standard InChI is InChI=1S/C12H20N2S/c1-3-11-4-5-12(15-11)10(2)14-8-6-13-7-9-14/h4-5,10,13H,3,6-9H2,1-2H3/t10-/m0/s1. The molecule has 1 fully saturated rings. The highest BCUT2D eigenvalue weighted by Crippen LogP contribution is 2.27. The molecule has 2 rings (SSSR count). The predicted molar refractivity (Wildman–Crippen MR) is 66.6 cm³/mol. The maximum absolute atomic E-state index is 3.40. The van der Waals surface area contributed by atoms with E-state index < -0.39 is 0 Å². The van der Waals surface area contributed by atoms with Crippen LogP contribution in [0.4, 0.5) is 0 Å². The normalized spacial score (nSPS) is 20.4. The van der Waals surface area contributed by atoms with Gasteiger partial charge in [0.25, 0.3) is 0 Å². The fourth-order valence-corrected chi connectivity index (χ4v) is 3.10. The monoisotopic (exact) mass is 224 g/mol. The zero-order valence-corrected chi connectivity index (χ0v) is 10.4. The summed E-state index contributed by atoms with van der Waals surface area (Å²) in [7, 11) is 0. The highest BCUT2D eigenvalue weighted by atomic mass is 32.1. The minimum atomic E-state index is 0.595. The minimum absolute atomic E-state index is 0.595. The summed E-state index contributed by atoms with van der Waals surface area (Å²) in [5.41, 5.74) is 0. The Kier molecular flexibility index (Phi) is 3.78. The predicted octanol–water partition coefficient (Wildman–Crippen LogP) is 2.28. The van der Waals surface area contributed by atoms with E-state index in [0.29, 0.717) is 6.04 Å². The second-order valence-corrected chi connectivity index (χ2v) is 5.32. The first kappa shape index (κ1) is 11.1. The molecule has 15 heavy (non-hydrogen) atoms. The molecule has 0 unspecified atom stereocenters. The topological polar surface area (TPSA) is 15.3 Å². The van der Waals surface area contributed by atoms with E-state index in [4.69, 9.17) is 0 Å². The van der Waals surface area contributed by atoms with Gasteiger partial charge < -0.3 is 5.32 Å². The molecule has 3 heteroatoms. The summed E-state index contributed by atoms with van der Waals surface area (Å²) in [5, 5.41) is 3.40. The Balaban J connectivity index is 2.02. The van der Waals surface area contributed by atoms with Crippen LogP contribution in [0.1, 0.15) is 29.6 Å². The molecule has 0 spiro atoms. The van der Waals surface area contributed by atoms with E-state index in [1.165, 1.54) is 29.3 Å². The first-order valence-electron chi connectivity index (χ1n) is 5.84. The van der Waals surface area contributed by atoms with Crippen LogP contribution in [0.25, 0.3) is 0 Å². The van der Waals surface area contributed by atoms with Crippen molar-refractivity contribution in [2.75, 3.05) is 26.2 Å². The molecular weight excluding hydrogens is 204 g/mol. The second kappa shape index (κ2) is 5.10. The van der Waals surface area contributed by atoms with E-state index in [-0.39, 0.29) is 0 Å². The summed E-state index contributed by atoms with van der Waals surface area (Å²) in [4.78, 5) is 5.60. The van der Waals surface area contributed by atoms with Crippen LogP contribution < -0.4 is 5.32 Å². The van der Waals surface area contributed by atoms with Gasteiger partial charge in [0.05, 0.1) is 0 Å². The van der Waals surface area contributed by atoms with Gasteiger partial charge in [-0.1, -0.05) is 6.92 Å². The van der Waals surface area contributed by atoms with Crippen LogP contribution in [0.5, 0.6) is 0 Å². The number of hydrogen-bond donors (Lipinski definition) is 1. The second-order valence-electron chi connectivity index (χ2n) is 4.12. The van der Waals surface area contributed by atoms with Gasteiger partial charge in [-0.15, -0.1) is 11.3 Å². The van der Waals surface area contributed by atoms with Crippen LogP contribution in [0.15, 0.2) is 12.1 Å². The molecule has 0 amide bonds. The van der Waals surface area contributed by atoms with Crippen molar-refractivity contribution in [1.29, 1.82) is 0 Å². The zero-order chi connectivity index (χ0) is 10.7. The van der Waals surface area contributed by atoms with Crippen molar-refractivity contribution in [2.45, 2.75) is 26.3 Å². The highest BCUT2D eigenvalue weighted by molar-refractivity contribution is 7.12. The maximum atomic E-state index is 3.40. The summed E-state index contributed by atoms with van der Waals surface area (Å²) in [6, 6.07) is 5.17. The van der Waals surface area contributed by atoms with Crippen LogP contribution in [0.2, 0.25) is 0 Å². The number of hydrogen-bond acceptors (Lipinski definition) is 3. The fraction of sp³-hybridized carbons (Fsp3) is 0.667. The van der Waals surface area contributed by atoms with Gasteiger partial charge in [-0.2, -0.15) is 0 Å². The van der Waals surface area contributed by atoms with E-state index in [2.05, 4.69) is 36.2 Å². The molecule has 1 aromatic rings. The molecule has 1 saturated heterocycles. The Labute approximate surface area is 96.3 Å². The molecule has 0 bridgehead atoms. The van der Waals surface area contributed by atoms with E-state index in [9.17, 15) is 0 Å². The first-order chi connectivity index (χ1) is 7.31. The summed E-state index contributed by atoms with van der Waals surface area (Å²) in [6.45, 7) is 9.19. The molecule has 0 saturated carbocycles. The number of rotatable bonds is 3. The summed E-state index contributed by atoms with van der Waals surface area (Å²) < 4.78 is 0. The highest BCUT2D eigenvalue weighted by Gasteiger charge is 2.18. The van der Waals surface area contributed by atoms with Crippen LogP contribution in [-0.4, -0.2) is 31.1 Å². The van der Waals surface area contributed by atoms with Gasteiger partial charge in [-0.25, -0.2) is 0 Å². The van der Waals surface area contributed by atoms with Gasteiger partial charge >= 0.3 is 0 Å². The third-order valence-electron chi connectivity index (χ3n) is 3.14. The van der Waals surface area contributed by atoms with Crippen molar-refractivity contribution in [3.63, 3.8) is 0 Å². The molecule has 0 aromatic carbocycles. The molecule has 1 atom stereocenters. The molecule has 2 nitrogen and oxygen atoms in total. The van der Waals surface area contributed by atoms with Gasteiger partial charge in [0.15, 0.2) is 0 Å². The van der Waals surface area contributed by atoms with E-state index in [1.54, 1.807) is 0 Å². The Morgan fingerprint density at radius 3 is 2.73 bits per heavy atom. The van der Waals surface area contributed by atoms with Crippen LogP contribution >= 0.6 is 11.3 Å². The molecule has 0 radical (unpaired) electrons. The van der Waals surface area contributed by atoms with Crippen molar-refractivity contribution in [2.24, 2.45) is 0 Å². The Bertz CT molecular complexity index is 302. The molecule has 1 aromatic heterocycles. The molecule has 1 N–H and O–H groups in total. The van der Waals surface area contributed by atoms with Crippen LogP contribution in [-0.2, 0) is 6.42 Å². The molecule has 0 aliphatic carbocycles. The van der Waals surface area contributed by atoms with Crippen molar-refractivity contribution in [3.8, 4) is 0 Å². The van der Waals surface area contributed by atoms with Crippen LogP contribution in [0, 0.1) is 0 Å². The number of aryl methyl sites for hydroxylation is 1. The van der Waals surface area contributed by atoms with E-state index in [1.807, 2.05) is 11.3 Å². The molecular formula is C12H20N2S. The van der Waals surface area contributed by atoms with Crippen molar-refractivity contribution in [1.82, 2.24) is 10.2 Å². The average Bonchev–Trinajstić information content (AvgIpc) is 2.78. The van der Waals surface area contributed by atoms with E-state index >= 15 is 0 Å². The number of piperazine rings is 1. The minimum Gasteiger partial charge on any atom is -0.314 e. The maximum Gasteiger partial charge on any atom is 0.0414 e. The largest absolute Gasteiger partial charge is 0.314 e. The van der Waals surface area contributed by atoms with Gasteiger partial charge in [0.1, 0.15) is 0 Å². The van der Waals surface area contributed by atoms with Gasteiger partial charge in [-0.3, -0.25) is 4.90 Å². The van der Waals surface area contributed by atoms with E-state index in [0.717, 1.165) is 13.1 Å². The Hall–Kier alpha value is -0.380. The third-order valence-corrected chi connectivity index (χ3v) is 4.54. The van der Waals surface area contributed by atoms with Gasteiger partial charge in [-0.05, 0) is 25.5 Å². The van der Waals surface area contributed by atoms with Crippen LogP contribution in [0.3, 0.4) is 0 Å². The lowest BCUT2D eigenvalue weighted by Gasteiger charge is -2.32. The summed E-state index contributed by atoms with van der Waals surface area (Å²) in [6.07, 6.45) is 1.17. The fourth-order valence-electron chi connectivity index (χ4n) is 2.06. The van der Waals surface area contributed by atoms with Gasteiger partial charge in [0.2, 0.25) is 0 Å². The molecule has 84 valence electrons. The zero-order valence-electron chi connectivity index (χ0n) is 9.62. The number of nitrogens with zero attached hydrogens (tertiary/aromatic N) is 1. The molecule has 1 aliphatic heterocycles. The smallest absolute Gasteiger partial charge is 0.0414 e. The van der Waals surface area contributed by atoms with Crippen molar-refractivity contribution in [3.05, 3.63) is 21.9 Å². The number of nitrogens with one attached hydrogen (secondary N) is 1. The lowest BCUT2D eigenvalue weighted by atomic mass is 10.2. The first-order valence-corrected chi connectivity index (χ1v) is 6.66. The van der Waals surface area contributed by atoms with Crippen molar-refractivity contribution >= 4 is 11.3 Å². The lowest BCUT2D eigenvalue weighted by Crippen LogP contribution is -2.44. The average molecular weight is 224 g/mol. The number of thiophene rings is 1. The molecule has 2 heterocycles.